The van der Waals surface area contributed by atoms with Crippen molar-refractivity contribution >= 4 is 17.8 Å². The Morgan fingerprint density at radius 2 is 1.22 bits per heavy atom. The van der Waals surface area contributed by atoms with E-state index in [1.165, 1.54) is 25.7 Å². The highest BCUT2D eigenvalue weighted by Gasteiger charge is 2.27. The third kappa shape index (κ3) is 4.13. The average molecular weight is 327 g/mol. The molecule has 1 fully saturated rings. The Morgan fingerprint density at radius 1 is 0.739 bits per heavy atom. The topological polar surface area (TPSA) is 20.3 Å². The van der Waals surface area contributed by atoms with E-state index < -0.39 is 7.14 Å². The summed E-state index contributed by atoms with van der Waals surface area (Å²) in [5.41, 5.74) is 0. The van der Waals surface area contributed by atoms with Gasteiger partial charge in [-0.1, -0.05) is 73.5 Å². The van der Waals surface area contributed by atoms with Crippen LogP contribution in [0.15, 0.2) is 60.7 Å². The molecule has 2 aromatic carbocycles. The Kier molecular flexibility index (Phi) is 5.70. The van der Waals surface area contributed by atoms with E-state index in [1.807, 2.05) is 60.7 Å². The number of nitrogens with zero attached hydrogens (tertiary/aromatic N) is 1. The van der Waals surface area contributed by atoms with Gasteiger partial charge in [0.25, 0.3) is 0 Å². The molecular formula is C20H26NOP. The van der Waals surface area contributed by atoms with Gasteiger partial charge in [-0.2, -0.15) is 0 Å². The largest absolute Gasteiger partial charge is 0.314 e. The maximum atomic E-state index is 13.9. The lowest BCUT2D eigenvalue weighted by atomic mass is 10.2. The summed E-state index contributed by atoms with van der Waals surface area (Å²) in [6.45, 7) is 3.24. The molecule has 0 aromatic heterocycles. The van der Waals surface area contributed by atoms with Crippen molar-refractivity contribution in [1.29, 1.82) is 0 Å². The Hall–Kier alpha value is -1.37. The van der Waals surface area contributed by atoms with Gasteiger partial charge in [-0.25, -0.2) is 0 Å². The third-order valence-corrected chi connectivity index (χ3v) is 7.87. The van der Waals surface area contributed by atoms with Crippen LogP contribution in [0.2, 0.25) is 0 Å². The minimum absolute atomic E-state index is 0.737. The third-order valence-electron chi connectivity index (χ3n) is 4.78. The van der Waals surface area contributed by atoms with Crippen molar-refractivity contribution < 1.29 is 4.57 Å². The molecule has 2 nitrogen and oxygen atoms in total. The smallest absolute Gasteiger partial charge is 0.144 e. The molecule has 3 heteroatoms. The van der Waals surface area contributed by atoms with E-state index in [1.54, 1.807) is 0 Å². The van der Waals surface area contributed by atoms with Crippen molar-refractivity contribution in [1.82, 2.24) is 4.90 Å². The van der Waals surface area contributed by atoms with Crippen LogP contribution in [0.1, 0.15) is 25.7 Å². The van der Waals surface area contributed by atoms with Crippen LogP contribution in [0.4, 0.5) is 0 Å². The SMILES string of the molecule is O=P(CCN1CCCCCC1)(c1ccccc1)c1ccccc1. The maximum absolute atomic E-state index is 13.9. The Labute approximate surface area is 139 Å². The van der Waals surface area contributed by atoms with Crippen molar-refractivity contribution in [2.75, 3.05) is 25.8 Å². The molecule has 2 aromatic rings. The molecule has 23 heavy (non-hydrogen) atoms. The Bertz CT molecular complexity index is 590. The summed E-state index contributed by atoms with van der Waals surface area (Å²) in [6.07, 6.45) is 5.97. The first-order valence-corrected chi connectivity index (χ1v) is 10.6. The lowest BCUT2D eigenvalue weighted by Gasteiger charge is -2.25. The summed E-state index contributed by atoms with van der Waals surface area (Å²) in [7, 11) is -2.55. The van der Waals surface area contributed by atoms with Crippen LogP contribution in [-0.4, -0.2) is 30.7 Å². The molecule has 0 aliphatic carbocycles. The highest BCUT2D eigenvalue weighted by molar-refractivity contribution is 7.78. The molecule has 0 saturated carbocycles. The van der Waals surface area contributed by atoms with Crippen molar-refractivity contribution in [3.63, 3.8) is 0 Å². The van der Waals surface area contributed by atoms with Gasteiger partial charge in [0.15, 0.2) is 0 Å². The highest BCUT2D eigenvalue weighted by Crippen LogP contribution is 2.43. The second kappa shape index (κ2) is 7.95. The molecule has 1 saturated heterocycles. The van der Waals surface area contributed by atoms with E-state index in [0.29, 0.717) is 0 Å². The predicted octanol–water partition coefficient (Wildman–Crippen LogP) is 3.88. The predicted molar refractivity (Wildman–Crippen MR) is 99.5 cm³/mol. The molecule has 3 rings (SSSR count). The molecule has 0 N–H and O–H groups in total. The minimum atomic E-state index is -2.55. The van der Waals surface area contributed by atoms with Gasteiger partial charge in [-0.05, 0) is 25.9 Å². The molecule has 0 spiro atoms. The number of hydrogen-bond donors (Lipinski definition) is 0. The van der Waals surface area contributed by atoms with E-state index in [0.717, 1.165) is 36.4 Å². The summed E-state index contributed by atoms with van der Waals surface area (Å²) in [4.78, 5) is 2.51. The normalized spacial score (nSPS) is 16.9. The van der Waals surface area contributed by atoms with Crippen LogP contribution < -0.4 is 10.6 Å². The fraction of sp³-hybridized carbons (Fsp3) is 0.400. The number of likely N-dealkylation sites (tertiary alicyclic amines) is 1. The van der Waals surface area contributed by atoms with Crippen molar-refractivity contribution in [3.05, 3.63) is 60.7 Å². The lowest BCUT2D eigenvalue weighted by molar-refractivity contribution is 0.302. The quantitative estimate of drug-likeness (QED) is 0.777. The second-order valence-corrected chi connectivity index (χ2v) is 9.35. The minimum Gasteiger partial charge on any atom is -0.314 e. The molecule has 0 unspecified atom stereocenters. The molecule has 0 amide bonds. The van der Waals surface area contributed by atoms with E-state index in [9.17, 15) is 4.57 Å². The molecule has 1 aliphatic heterocycles. The number of hydrogen-bond acceptors (Lipinski definition) is 2. The van der Waals surface area contributed by atoms with E-state index in [2.05, 4.69) is 4.90 Å². The fourth-order valence-electron chi connectivity index (χ4n) is 3.39. The van der Waals surface area contributed by atoms with E-state index in [-0.39, 0.29) is 0 Å². The molecular weight excluding hydrogens is 301 g/mol. The Morgan fingerprint density at radius 3 is 1.70 bits per heavy atom. The first kappa shape index (κ1) is 16.5. The van der Waals surface area contributed by atoms with Gasteiger partial charge < -0.3 is 9.46 Å². The summed E-state index contributed by atoms with van der Waals surface area (Å²) < 4.78 is 13.9. The van der Waals surface area contributed by atoms with Crippen molar-refractivity contribution in [2.24, 2.45) is 0 Å². The van der Waals surface area contributed by atoms with Gasteiger partial charge in [0.05, 0.1) is 0 Å². The maximum Gasteiger partial charge on any atom is 0.144 e. The van der Waals surface area contributed by atoms with Crippen LogP contribution in [0.25, 0.3) is 0 Å². The van der Waals surface area contributed by atoms with E-state index >= 15 is 0 Å². The van der Waals surface area contributed by atoms with Crippen LogP contribution >= 0.6 is 7.14 Å². The fourth-order valence-corrected chi connectivity index (χ4v) is 6.07. The van der Waals surface area contributed by atoms with Gasteiger partial charge in [-0.15, -0.1) is 0 Å². The number of benzene rings is 2. The molecule has 1 aliphatic rings. The van der Waals surface area contributed by atoms with Crippen LogP contribution in [0, 0.1) is 0 Å². The van der Waals surface area contributed by atoms with Gasteiger partial charge in [0, 0.05) is 23.3 Å². The summed E-state index contributed by atoms with van der Waals surface area (Å²) >= 11 is 0. The molecule has 0 radical (unpaired) electrons. The summed E-state index contributed by atoms with van der Waals surface area (Å²) in [5.74, 6) is 0. The molecule has 0 bridgehead atoms. The van der Waals surface area contributed by atoms with Gasteiger partial charge >= 0.3 is 0 Å². The molecule has 122 valence electrons. The van der Waals surface area contributed by atoms with Crippen molar-refractivity contribution in [3.8, 4) is 0 Å². The standard InChI is InChI=1S/C20H26NOP/c22-23(19-11-5-3-6-12-19,20-13-7-4-8-14-20)18-17-21-15-9-1-2-10-16-21/h3-8,11-14H,1-2,9-10,15-18H2. The van der Waals surface area contributed by atoms with Crippen LogP contribution in [-0.2, 0) is 4.57 Å². The average Bonchev–Trinajstić information content (AvgIpc) is 2.90. The summed E-state index contributed by atoms with van der Waals surface area (Å²) in [6, 6.07) is 20.1. The van der Waals surface area contributed by atoms with E-state index in [4.69, 9.17) is 0 Å². The number of rotatable bonds is 5. The van der Waals surface area contributed by atoms with Gasteiger partial charge in [-0.3, -0.25) is 0 Å². The monoisotopic (exact) mass is 327 g/mol. The Balaban J connectivity index is 1.83. The van der Waals surface area contributed by atoms with Crippen LogP contribution in [0.3, 0.4) is 0 Å². The van der Waals surface area contributed by atoms with Gasteiger partial charge in [0.2, 0.25) is 0 Å². The van der Waals surface area contributed by atoms with Gasteiger partial charge in [0.1, 0.15) is 7.14 Å². The van der Waals surface area contributed by atoms with Crippen molar-refractivity contribution in [2.45, 2.75) is 25.7 Å². The van der Waals surface area contributed by atoms with Crippen LogP contribution in [0.5, 0.6) is 0 Å². The molecule has 0 atom stereocenters. The first-order chi connectivity index (χ1) is 11.3. The molecule has 1 heterocycles. The first-order valence-electron chi connectivity index (χ1n) is 8.72. The highest BCUT2D eigenvalue weighted by atomic mass is 31.2. The summed E-state index contributed by atoms with van der Waals surface area (Å²) in [5, 5.41) is 1.97. The zero-order valence-corrected chi connectivity index (χ0v) is 14.6. The lowest BCUT2D eigenvalue weighted by Crippen LogP contribution is -2.30. The zero-order valence-electron chi connectivity index (χ0n) is 13.7. The second-order valence-electron chi connectivity index (χ2n) is 6.39. The zero-order chi connectivity index (χ0) is 16.0.